The number of amides is 2. The first kappa shape index (κ1) is 15.6. The predicted molar refractivity (Wildman–Crippen MR) is 95.6 cm³/mol. The number of imide groups is 1. The maximum Gasteiger partial charge on any atom is 0.266 e. The van der Waals surface area contributed by atoms with E-state index in [1.165, 1.54) is 4.90 Å². The number of aryl methyl sites for hydroxylation is 1. The third-order valence-corrected chi connectivity index (χ3v) is 4.89. The SMILES string of the molecule is Cc1nn(-c2ccccc2N2C(=O)c3ccccc3C2=O)c(C)c1Cl. The molecule has 2 heterocycles. The van der Waals surface area contributed by atoms with Gasteiger partial charge in [0, 0.05) is 0 Å². The van der Waals surface area contributed by atoms with Crippen LogP contribution in [0, 0.1) is 13.8 Å². The lowest BCUT2D eigenvalue weighted by Crippen LogP contribution is -2.30. The van der Waals surface area contributed by atoms with Gasteiger partial charge in [-0.1, -0.05) is 35.9 Å². The number of benzene rings is 2. The number of para-hydroxylation sites is 2. The van der Waals surface area contributed by atoms with Gasteiger partial charge in [0.2, 0.25) is 0 Å². The topological polar surface area (TPSA) is 55.2 Å². The minimum absolute atomic E-state index is 0.333. The molecule has 2 amide bonds. The van der Waals surface area contributed by atoms with Gasteiger partial charge in [0.25, 0.3) is 11.8 Å². The molecule has 0 unspecified atom stereocenters. The maximum atomic E-state index is 12.8. The van der Waals surface area contributed by atoms with Crippen molar-refractivity contribution in [2.75, 3.05) is 4.90 Å². The Morgan fingerprint density at radius 2 is 1.36 bits per heavy atom. The van der Waals surface area contributed by atoms with E-state index in [1.807, 2.05) is 26.0 Å². The first-order valence-corrected chi connectivity index (χ1v) is 8.17. The summed E-state index contributed by atoms with van der Waals surface area (Å²) in [6.07, 6.45) is 0. The van der Waals surface area contributed by atoms with Crippen molar-refractivity contribution in [2.45, 2.75) is 13.8 Å². The summed E-state index contributed by atoms with van der Waals surface area (Å²) in [5.74, 6) is -0.665. The Morgan fingerprint density at radius 1 is 0.840 bits per heavy atom. The van der Waals surface area contributed by atoms with E-state index in [4.69, 9.17) is 11.6 Å². The number of fused-ring (bicyclic) bond motifs is 1. The fourth-order valence-corrected chi connectivity index (χ4v) is 3.22. The van der Waals surface area contributed by atoms with E-state index in [1.54, 1.807) is 41.1 Å². The maximum absolute atomic E-state index is 12.8. The number of rotatable bonds is 2. The molecule has 1 aromatic heterocycles. The van der Waals surface area contributed by atoms with Gasteiger partial charge in [-0.15, -0.1) is 0 Å². The van der Waals surface area contributed by atoms with E-state index in [0.717, 1.165) is 5.69 Å². The van der Waals surface area contributed by atoms with Crippen LogP contribution in [0.15, 0.2) is 48.5 Å². The van der Waals surface area contributed by atoms with E-state index >= 15 is 0 Å². The van der Waals surface area contributed by atoms with Gasteiger partial charge in [0.1, 0.15) is 0 Å². The first-order valence-electron chi connectivity index (χ1n) is 7.79. The van der Waals surface area contributed by atoms with Crippen LogP contribution in [0.2, 0.25) is 5.02 Å². The fourth-order valence-electron chi connectivity index (χ4n) is 3.10. The summed E-state index contributed by atoms with van der Waals surface area (Å²) in [4.78, 5) is 26.8. The Hall–Kier alpha value is -2.92. The van der Waals surface area contributed by atoms with Crippen molar-refractivity contribution < 1.29 is 9.59 Å². The number of halogens is 1. The highest BCUT2D eigenvalue weighted by Crippen LogP contribution is 2.34. The summed E-state index contributed by atoms with van der Waals surface area (Å²) in [6.45, 7) is 3.66. The normalized spacial score (nSPS) is 13.5. The molecular weight excluding hydrogens is 338 g/mol. The zero-order valence-corrected chi connectivity index (χ0v) is 14.4. The minimum atomic E-state index is -0.333. The lowest BCUT2D eigenvalue weighted by molar-refractivity contribution is 0.0926. The number of anilines is 1. The summed E-state index contributed by atoms with van der Waals surface area (Å²) in [5, 5.41) is 5.01. The van der Waals surface area contributed by atoms with Crippen molar-refractivity contribution in [3.8, 4) is 5.69 Å². The Kier molecular flexibility index (Phi) is 3.47. The Morgan fingerprint density at radius 3 is 1.88 bits per heavy atom. The van der Waals surface area contributed by atoms with Crippen molar-refractivity contribution in [1.29, 1.82) is 0 Å². The number of carbonyl (C=O) groups is 2. The molecule has 0 saturated carbocycles. The Balaban J connectivity index is 1.90. The Bertz CT molecular complexity index is 1000. The molecule has 0 aliphatic carbocycles. The summed E-state index contributed by atoms with van der Waals surface area (Å²) >= 11 is 6.26. The fraction of sp³-hybridized carbons (Fsp3) is 0.105. The predicted octanol–water partition coefficient (Wildman–Crippen LogP) is 3.94. The third-order valence-electron chi connectivity index (χ3n) is 4.35. The van der Waals surface area contributed by atoms with Crippen LogP contribution < -0.4 is 4.90 Å². The van der Waals surface area contributed by atoms with Crippen LogP contribution in [-0.4, -0.2) is 21.6 Å². The average molecular weight is 352 g/mol. The van der Waals surface area contributed by atoms with Gasteiger partial charge in [-0.3, -0.25) is 9.59 Å². The smallest absolute Gasteiger partial charge is 0.266 e. The number of carbonyl (C=O) groups excluding carboxylic acids is 2. The monoisotopic (exact) mass is 351 g/mol. The molecule has 0 bridgehead atoms. The van der Waals surface area contributed by atoms with E-state index in [0.29, 0.717) is 33.2 Å². The summed E-state index contributed by atoms with van der Waals surface area (Å²) < 4.78 is 1.66. The molecule has 3 aromatic rings. The molecule has 0 saturated heterocycles. The van der Waals surface area contributed by atoms with E-state index in [-0.39, 0.29) is 11.8 Å². The highest BCUT2D eigenvalue weighted by molar-refractivity contribution is 6.35. The Labute approximate surface area is 149 Å². The molecule has 4 rings (SSSR count). The van der Waals surface area contributed by atoms with Crippen molar-refractivity contribution in [1.82, 2.24) is 9.78 Å². The van der Waals surface area contributed by atoms with E-state index in [9.17, 15) is 9.59 Å². The minimum Gasteiger partial charge on any atom is -0.268 e. The molecule has 2 aromatic carbocycles. The van der Waals surface area contributed by atoms with Crippen molar-refractivity contribution in [3.05, 3.63) is 76.1 Å². The van der Waals surface area contributed by atoms with Gasteiger partial charge in [0.05, 0.1) is 38.9 Å². The van der Waals surface area contributed by atoms with E-state index in [2.05, 4.69) is 5.10 Å². The van der Waals surface area contributed by atoms with Crippen LogP contribution >= 0.6 is 11.6 Å². The van der Waals surface area contributed by atoms with Gasteiger partial charge >= 0.3 is 0 Å². The molecule has 0 fully saturated rings. The molecule has 1 aliphatic rings. The molecule has 6 heteroatoms. The lowest BCUT2D eigenvalue weighted by atomic mass is 10.1. The molecule has 1 aliphatic heterocycles. The highest BCUT2D eigenvalue weighted by Gasteiger charge is 2.37. The molecule has 0 radical (unpaired) electrons. The van der Waals surface area contributed by atoms with Gasteiger partial charge in [-0.2, -0.15) is 5.10 Å². The van der Waals surface area contributed by atoms with Gasteiger partial charge in [0.15, 0.2) is 0 Å². The van der Waals surface area contributed by atoms with Crippen LogP contribution in [0.4, 0.5) is 5.69 Å². The summed E-state index contributed by atoms with van der Waals surface area (Å²) in [7, 11) is 0. The van der Waals surface area contributed by atoms with Crippen LogP contribution in [0.25, 0.3) is 5.69 Å². The zero-order valence-electron chi connectivity index (χ0n) is 13.7. The lowest BCUT2D eigenvalue weighted by Gasteiger charge is -2.18. The summed E-state index contributed by atoms with van der Waals surface area (Å²) in [5.41, 5.74) is 3.38. The van der Waals surface area contributed by atoms with Gasteiger partial charge in [-0.25, -0.2) is 9.58 Å². The zero-order chi connectivity index (χ0) is 17.7. The first-order chi connectivity index (χ1) is 12.0. The van der Waals surface area contributed by atoms with Crippen molar-refractivity contribution in [2.24, 2.45) is 0 Å². The van der Waals surface area contributed by atoms with Crippen molar-refractivity contribution >= 4 is 29.1 Å². The molecule has 0 N–H and O–H groups in total. The molecule has 0 spiro atoms. The van der Waals surface area contributed by atoms with Crippen LogP contribution in [0.3, 0.4) is 0 Å². The number of nitrogens with zero attached hydrogens (tertiary/aromatic N) is 3. The van der Waals surface area contributed by atoms with Crippen molar-refractivity contribution in [3.63, 3.8) is 0 Å². The second-order valence-electron chi connectivity index (χ2n) is 5.88. The van der Waals surface area contributed by atoms with Gasteiger partial charge < -0.3 is 0 Å². The van der Waals surface area contributed by atoms with Crippen LogP contribution in [0.5, 0.6) is 0 Å². The second-order valence-corrected chi connectivity index (χ2v) is 6.25. The van der Waals surface area contributed by atoms with Crippen LogP contribution in [-0.2, 0) is 0 Å². The summed E-state index contributed by atoms with van der Waals surface area (Å²) in [6, 6.07) is 14.0. The molecule has 124 valence electrons. The highest BCUT2D eigenvalue weighted by atomic mass is 35.5. The molecular formula is C19H14ClN3O2. The quantitative estimate of drug-likeness (QED) is 0.657. The average Bonchev–Trinajstić information content (AvgIpc) is 3.04. The third kappa shape index (κ3) is 2.20. The number of hydrogen-bond acceptors (Lipinski definition) is 3. The van der Waals surface area contributed by atoms with E-state index < -0.39 is 0 Å². The molecule has 5 nitrogen and oxygen atoms in total. The number of hydrogen-bond donors (Lipinski definition) is 0. The molecule has 25 heavy (non-hydrogen) atoms. The standard InChI is InChI=1S/C19H14ClN3O2/c1-11-17(20)12(2)23(21-11)16-10-6-5-9-15(16)22-18(24)13-7-3-4-8-14(13)19(22)25/h3-10H,1-2H3. The van der Waals surface area contributed by atoms with Gasteiger partial charge in [-0.05, 0) is 38.1 Å². The number of aromatic nitrogens is 2. The van der Waals surface area contributed by atoms with Crippen LogP contribution in [0.1, 0.15) is 32.1 Å². The second kappa shape index (κ2) is 5.57. The largest absolute Gasteiger partial charge is 0.268 e. The molecule has 0 atom stereocenters.